The molecule has 0 bridgehead atoms. The smallest absolute Gasteiger partial charge is 0.0723 e. The van der Waals surface area contributed by atoms with Gasteiger partial charge in [-0.25, -0.2) is 0 Å². The number of hydrogen-bond donors (Lipinski definition) is 0. The Balaban J connectivity index is 1.86. The molecule has 1 saturated carbocycles. The average Bonchev–Trinajstić information content (AvgIpc) is 2.86. The summed E-state index contributed by atoms with van der Waals surface area (Å²) < 4.78 is 2.18. The molecule has 4 heteroatoms. The van der Waals surface area contributed by atoms with Crippen molar-refractivity contribution in [1.29, 1.82) is 0 Å². The Hall–Kier alpha value is -0.150. The van der Waals surface area contributed by atoms with E-state index < -0.39 is 0 Å². The van der Waals surface area contributed by atoms with E-state index in [-0.39, 0.29) is 0 Å². The van der Waals surface area contributed by atoms with Gasteiger partial charge in [0.15, 0.2) is 0 Å². The number of thioether (sulfide) groups is 1. The van der Waals surface area contributed by atoms with Crippen molar-refractivity contribution >= 4 is 23.4 Å². The minimum Gasteiger partial charge on any atom is -0.269 e. The molecule has 1 aromatic rings. The van der Waals surface area contributed by atoms with Crippen molar-refractivity contribution in [2.24, 2.45) is 0 Å². The van der Waals surface area contributed by atoms with Crippen LogP contribution in [0.25, 0.3) is 0 Å². The van der Waals surface area contributed by atoms with Crippen molar-refractivity contribution in [3.8, 4) is 0 Å². The zero-order chi connectivity index (χ0) is 12.1. The van der Waals surface area contributed by atoms with Crippen LogP contribution < -0.4 is 0 Å². The number of nitrogens with zero attached hydrogens (tertiary/aromatic N) is 2. The second-order valence-electron chi connectivity index (χ2n) is 4.85. The van der Waals surface area contributed by atoms with Crippen molar-refractivity contribution in [2.75, 3.05) is 5.88 Å². The molecule has 0 aromatic carbocycles. The van der Waals surface area contributed by atoms with Gasteiger partial charge in [0.05, 0.1) is 11.7 Å². The third-order valence-electron chi connectivity index (χ3n) is 3.35. The van der Waals surface area contributed by atoms with Crippen LogP contribution in [0.3, 0.4) is 0 Å². The Kier molecular flexibility index (Phi) is 5.23. The Morgan fingerprint density at radius 3 is 2.94 bits per heavy atom. The highest BCUT2D eigenvalue weighted by molar-refractivity contribution is 7.99. The molecule has 1 aliphatic carbocycles. The molecule has 2 rings (SSSR count). The van der Waals surface area contributed by atoms with Crippen LogP contribution in [-0.2, 0) is 5.75 Å². The van der Waals surface area contributed by atoms with Crippen molar-refractivity contribution in [3.05, 3.63) is 18.0 Å². The maximum Gasteiger partial charge on any atom is 0.0723 e. The third kappa shape index (κ3) is 3.92. The molecule has 1 unspecified atom stereocenters. The van der Waals surface area contributed by atoms with Gasteiger partial charge in [-0.1, -0.05) is 26.2 Å². The molecule has 0 aliphatic heterocycles. The maximum atomic E-state index is 5.80. The van der Waals surface area contributed by atoms with Gasteiger partial charge in [0.2, 0.25) is 0 Å². The number of alkyl halides is 1. The van der Waals surface area contributed by atoms with Crippen LogP contribution in [0.1, 0.15) is 50.8 Å². The summed E-state index contributed by atoms with van der Waals surface area (Å²) in [7, 11) is 0. The van der Waals surface area contributed by atoms with Gasteiger partial charge in [0, 0.05) is 23.1 Å². The fraction of sp³-hybridized carbons (Fsp3) is 0.769. The molecule has 1 fully saturated rings. The van der Waals surface area contributed by atoms with Crippen molar-refractivity contribution in [2.45, 2.75) is 56.1 Å². The first-order valence-corrected chi connectivity index (χ1v) is 8.09. The summed E-state index contributed by atoms with van der Waals surface area (Å²) in [6.45, 7) is 2.16. The van der Waals surface area contributed by atoms with E-state index in [0.29, 0.717) is 17.2 Å². The van der Waals surface area contributed by atoms with E-state index in [1.54, 1.807) is 0 Å². The summed E-state index contributed by atoms with van der Waals surface area (Å²) in [6.07, 6.45) is 8.86. The normalized spacial score (nSPS) is 19.4. The first-order valence-electron chi connectivity index (χ1n) is 6.51. The van der Waals surface area contributed by atoms with Crippen LogP contribution in [0.5, 0.6) is 0 Å². The van der Waals surface area contributed by atoms with Crippen LogP contribution in [0.4, 0.5) is 0 Å². The van der Waals surface area contributed by atoms with Gasteiger partial charge < -0.3 is 0 Å². The lowest BCUT2D eigenvalue weighted by Crippen LogP contribution is -2.13. The minimum absolute atomic E-state index is 0.511. The van der Waals surface area contributed by atoms with E-state index in [1.165, 1.54) is 37.8 Å². The molecule has 0 N–H and O–H groups in total. The summed E-state index contributed by atoms with van der Waals surface area (Å²) in [5, 5.41) is 5.20. The molecule has 1 atom stereocenters. The SMILES string of the molecule is CC(CCl)SCc1ccn(C2CCCCC2)n1. The zero-order valence-electron chi connectivity index (χ0n) is 10.4. The first kappa shape index (κ1) is 13.3. The molecule has 96 valence electrons. The van der Waals surface area contributed by atoms with Crippen molar-refractivity contribution < 1.29 is 0 Å². The topological polar surface area (TPSA) is 17.8 Å². The van der Waals surface area contributed by atoms with E-state index in [9.17, 15) is 0 Å². The summed E-state index contributed by atoms with van der Waals surface area (Å²) in [5.41, 5.74) is 1.19. The lowest BCUT2D eigenvalue weighted by molar-refractivity contribution is 0.328. The lowest BCUT2D eigenvalue weighted by atomic mass is 9.96. The van der Waals surface area contributed by atoms with E-state index in [2.05, 4.69) is 23.9 Å². The highest BCUT2D eigenvalue weighted by Crippen LogP contribution is 2.28. The van der Waals surface area contributed by atoms with Crippen LogP contribution in [0, 0.1) is 0 Å². The van der Waals surface area contributed by atoms with Crippen molar-refractivity contribution in [3.63, 3.8) is 0 Å². The largest absolute Gasteiger partial charge is 0.269 e. The van der Waals surface area contributed by atoms with Crippen LogP contribution in [0.15, 0.2) is 12.3 Å². The molecule has 1 aliphatic rings. The molecular formula is C13H21ClN2S. The number of rotatable bonds is 5. The molecular weight excluding hydrogens is 252 g/mol. The van der Waals surface area contributed by atoms with Gasteiger partial charge in [-0.2, -0.15) is 16.9 Å². The summed E-state index contributed by atoms with van der Waals surface area (Å²) >= 11 is 7.68. The van der Waals surface area contributed by atoms with Gasteiger partial charge >= 0.3 is 0 Å². The summed E-state index contributed by atoms with van der Waals surface area (Å²) in [4.78, 5) is 0. The van der Waals surface area contributed by atoms with Crippen molar-refractivity contribution in [1.82, 2.24) is 9.78 Å². The van der Waals surface area contributed by atoms with E-state index >= 15 is 0 Å². The van der Waals surface area contributed by atoms with E-state index in [1.807, 2.05) is 11.8 Å². The molecule has 17 heavy (non-hydrogen) atoms. The molecule has 0 amide bonds. The van der Waals surface area contributed by atoms with Crippen LogP contribution >= 0.6 is 23.4 Å². The predicted octanol–water partition coefficient (Wildman–Crippen LogP) is 4.25. The lowest BCUT2D eigenvalue weighted by Gasteiger charge is -2.21. The zero-order valence-corrected chi connectivity index (χ0v) is 12.0. The van der Waals surface area contributed by atoms with Gasteiger partial charge in [0.1, 0.15) is 0 Å². The van der Waals surface area contributed by atoms with E-state index in [4.69, 9.17) is 16.7 Å². The number of aromatic nitrogens is 2. The fourth-order valence-corrected chi connectivity index (χ4v) is 3.24. The molecule has 0 saturated heterocycles. The van der Waals surface area contributed by atoms with E-state index in [0.717, 1.165) is 5.75 Å². The highest BCUT2D eigenvalue weighted by Gasteiger charge is 2.16. The Morgan fingerprint density at radius 1 is 1.47 bits per heavy atom. The second-order valence-corrected chi connectivity index (χ2v) is 6.59. The summed E-state index contributed by atoms with van der Waals surface area (Å²) in [6, 6.07) is 2.80. The first-order chi connectivity index (χ1) is 8.29. The number of halogens is 1. The highest BCUT2D eigenvalue weighted by atomic mass is 35.5. The summed E-state index contributed by atoms with van der Waals surface area (Å²) in [5.74, 6) is 1.70. The van der Waals surface area contributed by atoms with Crippen LogP contribution in [-0.4, -0.2) is 20.9 Å². The Labute approximate surface area is 113 Å². The standard InChI is InChI=1S/C13H21ClN2S/c1-11(9-14)17-10-12-7-8-16(15-12)13-5-3-2-4-6-13/h7-8,11,13H,2-6,9-10H2,1H3. The average molecular weight is 273 g/mol. The second kappa shape index (κ2) is 6.69. The van der Waals surface area contributed by atoms with Gasteiger partial charge in [-0.05, 0) is 18.9 Å². The van der Waals surface area contributed by atoms with Crippen LogP contribution in [0.2, 0.25) is 0 Å². The number of hydrogen-bond acceptors (Lipinski definition) is 2. The van der Waals surface area contributed by atoms with Gasteiger partial charge in [-0.3, -0.25) is 4.68 Å². The van der Waals surface area contributed by atoms with Gasteiger partial charge in [-0.15, -0.1) is 11.6 Å². The molecule has 1 heterocycles. The Bertz CT molecular complexity index is 334. The van der Waals surface area contributed by atoms with Gasteiger partial charge in [0.25, 0.3) is 0 Å². The minimum atomic E-state index is 0.511. The molecule has 0 spiro atoms. The molecule has 1 aromatic heterocycles. The quantitative estimate of drug-likeness (QED) is 0.746. The monoisotopic (exact) mass is 272 g/mol. The molecule has 2 nitrogen and oxygen atoms in total. The third-order valence-corrected chi connectivity index (χ3v) is 5.19. The predicted molar refractivity (Wildman–Crippen MR) is 75.8 cm³/mol. The fourth-order valence-electron chi connectivity index (χ4n) is 2.28. The molecule has 0 radical (unpaired) electrons. The maximum absolute atomic E-state index is 5.80. The Morgan fingerprint density at radius 2 is 2.24 bits per heavy atom.